The Morgan fingerprint density at radius 1 is 1.11 bits per heavy atom. The average Bonchev–Trinajstić information content (AvgIpc) is 2.61. The van der Waals surface area contributed by atoms with Gasteiger partial charge in [0.15, 0.2) is 0 Å². The zero-order valence-corrected chi connectivity index (χ0v) is 17.7. The van der Waals surface area contributed by atoms with Crippen molar-refractivity contribution in [3.63, 3.8) is 0 Å². The minimum Gasteiger partial charge on any atom is -0.506 e. The highest BCUT2D eigenvalue weighted by molar-refractivity contribution is 7.89. The fourth-order valence-corrected chi connectivity index (χ4v) is 3.59. The quantitative estimate of drug-likeness (QED) is 0.744. The molecule has 2 N–H and O–H groups in total. The van der Waals surface area contributed by atoms with Gasteiger partial charge in [-0.15, -0.1) is 0 Å². The summed E-state index contributed by atoms with van der Waals surface area (Å²) < 4.78 is 31.2. The molecule has 0 spiro atoms. The van der Waals surface area contributed by atoms with Crippen LogP contribution in [0.5, 0.6) is 11.5 Å². The van der Waals surface area contributed by atoms with Gasteiger partial charge in [-0.05, 0) is 41.3 Å². The Morgan fingerprint density at radius 3 is 2.29 bits per heavy atom. The Labute approximate surface area is 166 Å². The van der Waals surface area contributed by atoms with Crippen LogP contribution in [0.2, 0.25) is 0 Å². The van der Waals surface area contributed by atoms with Crippen molar-refractivity contribution in [2.75, 3.05) is 26.5 Å². The predicted octanol–water partition coefficient (Wildman–Crippen LogP) is 3.20. The third kappa shape index (κ3) is 4.45. The smallest absolute Gasteiger partial charge is 0.255 e. The number of aromatic hydroxyl groups is 1. The molecule has 28 heavy (non-hydrogen) atoms. The maximum Gasteiger partial charge on any atom is 0.255 e. The van der Waals surface area contributed by atoms with Crippen molar-refractivity contribution in [3.05, 3.63) is 47.5 Å². The highest BCUT2D eigenvalue weighted by atomic mass is 32.2. The topological polar surface area (TPSA) is 95.9 Å². The van der Waals surface area contributed by atoms with E-state index in [4.69, 9.17) is 4.74 Å². The number of benzene rings is 2. The first kappa shape index (κ1) is 21.7. The fraction of sp³-hybridized carbons (Fsp3) is 0.350. The molecular weight excluding hydrogens is 380 g/mol. The summed E-state index contributed by atoms with van der Waals surface area (Å²) in [6, 6.07) is 9.17. The van der Waals surface area contributed by atoms with E-state index in [0.29, 0.717) is 0 Å². The lowest BCUT2D eigenvalue weighted by atomic mass is 9.87. The number of hydrogen-bond acceptors (Lipinski definition) is 5. The second-order valence-electron chi connectivity index (χ2n) is 7.59. The number of hydrogen-bond donors (Lipinski definition) is 2. The van der Waals surface area contributed by atoms with E-state index < -0.39 is 15.9 Å². The number of methoxy groups -OCH3 is 1. The fourth-order valence-electron chi connectivity index (χ4n) is 2.51. The Kier molecular flexibility index (Phi) is 6.06. The molecule has 1 amide bonds. The molecule has 0 fully saturated rings. The zero-order chi connectivity index (χ0) is 21.3. The highest BCUT2D eigenvalue weighted by Gasteiger charge is 2.24. The molecule has 0 aliphatic rings. The molecule has 2 aromatic rings. The van der Waals surface area contributed by atoms with E-state index in [1.807, 2.05) is 20.8 Å². The average molecular weight is 407 g/mol. The van der Waals surface area contributed by atoms with Crippen molar-refractivity contribution < 1.29 is 23.1 Å². The summed E-state index contributed by atoms with van der Waals surface area (Å²) in [5.41, 5.74) is 1.15. The van der Waals surface area contributed by atoms with Crippen LogP contribution in [0, 0.1) is 0 Å². The molecule has 0 heterocycles. The third-order valence-electron chi connectivity index (χ3n) is 4.30. The summed E-state index contributed by atoms with van der Waals surface area (Å²) in [5, 5.41) is 12.7. The standard InChI is InChI=1S/C20H26N2O5S/c1-20(2,3)14-8-9-16(23)15(12-14)21-19(24)13-7-10-17(27-6)18(11-13)28(25,26)22(4)5/h7-12,23H,1-6H3,(H,21,24). The van der Waals surface area contributed by atoms with Gasteiger partial charge in [-0.3, -0.25) is 4.79 Å². The van der Waals surface area contributed by atoms with Crippen LogP contribution in [0.4, 0.5) is 5.69 Å². The van der Waals surface area contributed by atoms with Crippen molar-refractivity contribution in [1.29, 1.82) is 0 Å². The molecule has 0 unspecified atom stereocenters. The monoisotopic (exact) mass is 406 g/mol. The van der Waals surface area contributed by atoms with Crippen molar-refractivity contribution >= 4 is 21.6 Å². The van der Waals surface area contributed by atoms with Crippen LogP contribution in [0.15, 0.2) is 41.3 Å². The zero-order valence-electron chi connectivity index (χ0n) is 16.9. The molecule has 0 radical (unpaired) electrons. The van der Waals surface area contributed by atoms with Crippen molar-refractivity contribution in [2.45, 2.75) is 31.1 Å². The molecule has 2 rings (SSSR count). The Balaban J connectivity index is 2.44. The first-order chi connectivity index (χ1) is 12.9. The second-order valence-corrected chi connectivity index (χ2v) is 9.71. The van der Waals surface area contributed by atoms with Crippen LogP contribution in [0.25, 0.3) is 0 Å². The van der Waals surface area contributed by atoms with Crippen LogP contribution in [0.3, 0.4) is 0 Å². The van der Waals surface area contributed by atoms with Crippen molar-refractivity contribution in [2.24, 2.45) is 0 Å². The Hall–Kier alpha value is -2.58. The normalized spacial score (nSPS) is 12.1. The molecule has 0 saturated heterocycles. The minimum atomic E-state index is -3.80. The van der Waals surface area contributed by atoms with Crippen LogP contribution in [0.1, 0.15) is 36.7 Å². The summed E-state index contributed by atoms with van der Waals surface area (Å²) in [6.45, 7) is 6.06. The summed E-state index contributed by atoms with van der Waals surface area (Å²) in [4.78, 5) is 12.6. The summed E-state index contributed by atoms with van der Waals surface area (Å²) >= 11 is 0. The van der Waals surface area contributed by atoms with E-state index in [-0.39, 0.29) is 33.1 Å². The van der Waals surface area contributed by atoms with E-state index >= 15 is 0 Å². The van der Waals surface area contributed by atoms with Gasteiger partial charge in [0.2, 0.25) is 10.0 Å². The van der Waals surface area contributed by atoms with Crippen LogP contribution in [-0.4, -0.2) is 44.9 Å². The van der Waals surface area contributed by atoms with E-state index in [0.717, 1.165) is 9.87 Å². The molecule has 8 heteroatoms. The maximum atomic E-state index is 12.7. The summed E-state index contributed by atoms with van der Waals surface area (Å²) in [6.07, 6.45) is 0. The third-order valence-corrected chi connectivity index (χ3v) is 6.13. The number of rotatable bonds is 5. The number of carbonyl (C=O) groups excluding carboxylic acids is 1. The number of sulfonamides is 1. The van der Waals surface area contributed by atoms with Crippen molar-refractivity contribution in [1.82, 2.24) is 4.31 Å². The SMILES string of the molecule is COc1ccc(C(=O)Nc2cc(C(C)(C)C)ccc2O)cc1S(=O)(=O)N(C)C. The van der Waals surface area contributed by atoms with E-state index in [2.05, 4.69) is 5.32 Å². The Morgan fingerprint density at radius 2 is 1.75 bits per heavy atom. The largest absolute Gasteiger partial charge is 0.506 e. The van der Waals surface area contributed by atoms with Gasteiger partial charge in [0.1, 0.15) is 16.4 Å². The number of nitrogens with one attached hydrogen (secondary N) is 1. The molecule has 0 atom stereocenters. The van der Waals surface area contributed by atoms with Gasteiger partial charge in [-0.25, -0.2) is 12.7 Å². The summed E-state index contributed by atoms with van der Waals surface area (Å²) in [7, 11) is 0.358. The molecule has 0 aliphatic heterocycles. The van der Waals surface area contributed by atoms with Gasteiger partial charge >= 0.3 is 0 Å². The van der Waals surface area contributed by atoms with E-state index in [1.54, 1.807) is 12.1 Å². The van der Waals surface area contributed by atoms with Gasteiger partial charge in [-0.2, -0.15) is 0 Å². The van der Waals surface area contributed by atoms with E-state index in [1.165, 1.54) is 45.5 Å². The lowest BCUT2D eigenvalue weighted by Gasteiger charge is -2.20. The molecule has 0 aromatic heterocycles. The molecule has 0 bridgehead atoms. The summed E-state index contributed by atoms with van der Waals surface area (Å²) in [5.74, 6) is -0.474. The molecule has 152 valence electrons. The van der Waals surface area contributed by atoms with Crippen LogP contribution < -0.4 is 10.1 Å². The lowest BCUT2D eigenvalue weighted by molar-refractivity contribution is 0.102. The lowest BCUT2D eigenvalue weighted by Crippen LogP contribution is -2.23. The van der Waals surface area contributed by atoms with Gasteiger partial charge in [0.05, 0.1) is 12.8 Å². The highest BCUT2D eigenvalue weighted by Crippen LogP contribution is 2.32. The second kappa shape index (κ2) is 7.81. The number of amides is 1. The van der Waals surface area contributed by atoms with Gasteiger partial charge < -0.3 is 15.2 Å². The van der Waals surface area contributed by atoms with Crippen LogP contribution >= 0.6 is 0 Å². The number of ether oxygens (including phenoxy) is 1. The van der Waals surface area contributed by atoms with Gasteiger partial charge in [0, 0.05) is 19.7 Å². The first-order valence-electron chi connectivity index (χ1n) is 8.63. The van der Waals surface area contributed by atoms with Gasteiger partial charge in [-0.1, -0.05) is 26.8 Å². The number of phenolic OH excluding ortho intramolecular Hbond substituents is 1. The molecule has 0 saturated carbocycles. The Bertz CT molecular complexity index is 992. The number of anilines is 1. The van der Waals surface area contributed by atoms with Gasteiger partial charge in [0.25, 0.3) is 5.91 Å². The minimum absolute atomic E-state index is 0.0731. The molecular formula is C20H26N2O5S. The van der Waals surface area contributed by atoms with E-state index in [9.17, 15) is 18.3 Å². The maximum absolute atomic E-state index is 12.7. The number of phenols is 1. The van der Waals surface area contributed by atoms with Crippen LogP contribution in [-0.2, 0) is 15.4 Å². The first-order valence-corrected chi connectivity index (χ1v) is 10.1. The molecule has 2 aromatic carbocycles. The van der Waals surface area contributed by atoms with Crippen molar-refractivity contribution in [3.8, 4) is 11.5 Å². The number of nitrogens with zero attached hydrogens (tertiary/aromatic N) is 1. The molecule has 0 aliphatic carbocycles. The molecule has 7 nitrogen and oxygen atoms in total. The number of carbonyl (C=O) groups is 1. The predicted molar refractivity (Wildman–Crippen MR) is 109 cm³/mol.